The maximum Gasteiger partial charge on any atom is 0.271 e. The molecular weight excluding hydrogens is 280 g/mol. The zero-order valence-corrected chi connectivity index (χ0v) is 10.6. The topological polar surface area (TPSA) is 148 Å². The molecule has 9 heteroatoms. The maximum atomic E-state index is 10.6. The van der Waals surface area contributed by atoms with Gasteiger partial charge in [-0.2, -0.15) is 0 Å². The Hall–Kier alpha value is -3.36. The summed E-state index contributed by atoms with van der Waals surface area (Å²) in [6.45, 7) is 0. The first-order valence-corrected chi connectivity index (χ1v) is 5.64. The van der Waals surface area contributed by atoms with Gasteiger partial charge in [-0.1, -0.05) is 0 Å². The van der Waals surface area contributed by atoms with E-state index in [0.717, 1.165) is 12.1 Å². The molecule has 108 valence electrons. The van der Waals surface area contributed by atoms with Crippen LogP contribution in [0.1, 0.15) is 0 Å². The Morgan fingerprint density at radius 1 is 0.810 bits per heavy atom. The molecule has 4 N–H and O–H groups in total. The van der Waals surface area contributed by atoms with E-state index in [2.05, 4.69) is 0 Å². The predicted molar refractivity (Wildman–Crippen MR) is 75.1 cm³/mol. The monoisotopic (exact) mass is 290 g/mol. The minimum Gasteiger partial charge on any atom is -0.453 e. The van der Waals surface area contributed by atoms with Crippen molar-refractivity contribution in [2.75, 3.05) is 11.5 Å². The summed E-state index contributed by atoms with van der Waals surface area (Å²) in [6.07, 6.45) is 0. The normalized spacial score (nSPS) is 10.1. The van der Waals surface area contributed by atoms with E-state index in [1.807, 2.05) is 0 Å². The van der Waals surface area contributed by atoms with Gasteiger partial charge in [0.2, 0.25) is 0 Å². The number of rotatable bonds is 4. The lowest BCUT2D eigenvalue weighted by Gasteiger charge is -2.10. The molecule has 0 fully saturated rings. The van der Waals surface area contributed by atoms with E-state index in [-0.39, 0.29) is 34.2 Å². The minimum atomic E-state index is -0.583. The molecule has 0 spiro atoms. The minimum absolute atomic E-state index is 0.0574. The first-order chi connectivity index (χ1) is 9.88. The molecular formula is C12H10N4O5. The van der Waals surface area contributed by atoms with Crippen LogP contribution in [0, 0.1) is 20.2 Å². The van der Waals surface area contributed by atoms with Gasteiger partial charge in [0.15, 0.2) is 11.5 Å². The smallest absolute Gasteiger partial charge is 0.271 e. The Bertz CT molecular complexity index is 670. The highest BCUT2D eigenvalue weighted by molar-refractivity contribution is 5.63. The third-order valence-corrected chi connectivity index (χ3v) is 2.63. The van der Waals surface area contributed by atoms with Crippen LogP contribution in [-0.4, -0.2) is 9.85 Å². The van der Waals surface area contributed by atoms with Crippen molar-refractivity contribution < 1.29 is 14.6 Å². The highest BCUT2D eigenvalue weighted by Crippen LogP contribution is 2.34. The quantitative estimate of drug-likeness (QED) is 0.499. The number of non-ortho nitro benzene ring substituents is 2. The van der Waals surface area contributed by atoms with Gasteiger partial charge in [0, 0.05) is 24.3 Å². The van der Waals surface area contributed by atoms with E-state index in [1.165, 1.54) is 24.3 Å². The van der Waals surface area contributed by atoms with E-state index >= 15 is 0 Å². The Morgan fingerprint density at radius 3 is 1.48 bits per heavy atom. The highest BCUT2D eigenvalue weighted by atomic mass is 16.6. The van der Waals surface area contributed by atoms with Crippen LogP contribution in [-0.2, 0) is 0 Å². The third-order valence-electron chi connectivity index (χ3n) is 2.63. The van der Waals surface area contributed by atoms with Gasteiger partial charge in [0.1, 0.15) is 0 Å². The van der Waals surface area contributed by atoms with Crippen molar-refractivity contribution in [2.45, 2.75) is 0 Å². The van der Waals surface area contributed by atoms with E-state index < -0.39 is 9.85 Å². The molecule has 0 aliphatic carbocycles. The largest absolute Gasteiger partial charge is 0.453 e. The van der Waals surface area contributed by atoms with E-state index in [1.54, 1.807) is 0 Å². The lowest BCUT2D eigenvalue weighted by molar-refractivity contribution is -0.384. The van der Waals surface area contributed by atoms with Crippen LogP contribution in [0.2, 0.25) is 0 Å². The Balaban J connectivity index is 2.30. The van der Waals surface area contributed by atoms with Crippen molar-refractivity contribution in [3.8, 4) is 11.5 Å². The van der Waals surface area contributed by atoms with Gasteiger partial charge < -0.3 is 16.2 Å². The van der Waals surface area contributed by atoms with Crippen LogP contribution >= 0.6 is 0 Å². The van der Waals surface area contributed by atoms with Crippen molar-refractivity contribution >= 4 is 22.7 Å². The summed E-state index contributed by atoms with van der Waals surface area (Å²) >= 11 is 0. The molecule has 0 radical (unpaired) electrons. The number of nitrogens with two attached hydrogens (primary N) is 2. The summed E-state index contributed by atoms with van der Waals surface area (Å²) in [5.41, 5.74) is 11.1. The van der Waals surface area contributed by atoms with E-state index in [9.17, 15) is 20.2 Å². The summed E-state index contributed by atoms with van der Waals surface area (Å²) in [5, 5.41) is 21.2. The highest BCUT2D eigenvalue weighted by Gasteiger charge is 2.13. The van der Waals surface area contributed by atoms with Gasteiger partial charge in [-0.15, -0.1) is 0 Å². The molecule has 2 aromatic carbocycles. The Kier molecular flexibility index (Phi) is 3.57. The summed E-state index contributed by atoms with van der Waals surface area (Å²) in [5.74, 6) is 0.335. The number of nitrogens with zero attached hydrogens (tertiary/aromatic N) is 2. The van der Waals surface area contributed by atoms with Gasteiger partial charge in [-0.05, 0) is 12.1 Å². The second-order valence-electron chi connectivity index (χ2n) is 4.06. The second-order valence-corrected chi connectivity index (χ2v) is 4.06. The van der Waals surface area contributed by atoms with E-state index in [0.29, 0.717) is 0 Å². The number of hydrogen-bond acceptors (Lipinski definition) is 7. The van der Waals surface area contributed by atoms with Gasteiger partial charge in [0.05, 0.1) is 21.2 Å². The molecule has 0 aromatic heterocycles. The van der Waals surface area contributed by atoms with Crippen molar-refractivity contribution in [1.29, 1.82) is 0 Å². The first kappa shape index (κ1) is 14.1. The lowest BCUT2D eigenvalue weighted by Crippen LogP contribution is -1.98. The number of ether oxygens (including phenoxy) is 1. The van der Waals surface area contributed by atoms with Gasteiger partial charge in [0.25, 0.3) is 11.4 Å². The second kappa shape index (κ2) is 5.33. The number of benzene rings is 2. The van der Waals surface area contributed by atoms with Crippen molar-refractivity contribution in [2.24, 2.45) is 0 Å². The number of hydrogen-bond donors (Lipinski definition) is 2. The Labute approximate surface area is 118 Å². The van der Waals surface area contributed by atoms with Crippen LogP contribution < -0.4 is 16.2 Å². The SMILES string of the molecule is Nc1cc([N+](=O)[O-])ccc1Oc1ccc([N+](=O)[O-])cc1N. The van der Waals surface area contributed by atoms with Gasteiger partial charge in [-0.25, -0.2) is 0 Å². The molecule has 0 heterocycles. The summed E-state index contributed by atoms with van der Waals surface area (Å²) in [7, 11) is 0. The average molecular weight is 290 g/mol. The van der Waals surface area contributed by atoms with Crippen LogP contribution in [0.15, 0.2) is 36.4 Å². The van der Waals surface area contributed by atoms with Crippen molar-refractivity contribution in [3.63, 3.8) is 0 Å². The molecule has 0 saturated heterocycles. The molecule has 0 aliphatic rings. The molecule has 2 rings (SSSR count). The maximum absolute atomic E-state index is 10.6. The lowest BCUT2D eigenvalue weighted by atomic mass is 10.2. The Morgan fingerprint density at radius 2 is 1.19 bits per heavy atom. The molecule has 21 heavy (non-hydrogen) atoms. The number of anilines is 2. The summed E-state index contributed by atoms with van der Waals surface area (Å²) < 4.78 is 5.41. The first-order valence-electron chi connectivity index (χ1n) is 5.64. The fourth-order valence-electron chi connectivity index (χ4n) is 1.60. The molecule has 0 unspecified atom stereocenters. The summed E-state index contributed by atoms with van der Waals surface area (Å²) in [6, 6.07) is 7.41. The molecule has 9 nitrogen and oxygen atoms in total. The standard InChI is InChI=1S/C12H10N4O5/c13-9-5-7(15(17)18)1-3-11(9)21-12-4-2-8(16(19)20)6-10(12)14/h1-6H,13-14H2. The molecule has 0 aliphatic heterocycles. The molecule has 0 atom stereocenters. The fourth-order valence-corrected chi connectivity index (χ4v) is 1.60. The molecule has 2 aromatic rings. The van der Waals surface area contributed by atoms with Crippen LogP contribution in [0.5, 0.6) is 11.5 Å². The molecule has 0 amide bonds. The number of nitro benzene ring substituents is 2. The zero-order chi connectivity index (χ0) is 15.6. The van der Waals surface area contributed by atoms with Crippen molar-refractivity contribution in [1.82, 2.24) is 0 Å². The van der Waals surface area contributed by atoms with Crippen molar-refractivity contribution in [3.05, 3.63) is 56.6 Å². The molecule has 0 bridgehead atoms. The number of nitrogen functional groups attached to an aromatic ring is 2. The van der Waals surface area contributed by atoms with Gasteiger partial charge >= 0.3 is 0 Å². The predicted octanol–water partition coefficient (Wildman–Crippen LogP) is 2.46. The average Bonchev–Trinajstić information content (AvgIpc) is 2.42. The fraction of sp³-hybridized carbons (Fsp3) is 0. The van der Waals surface area contributed by atoms with Gasteiger partial charge in [-0.3, -0.25) is 20.2 Å². The van der Waals surface area contributed by atoms with Crippen LogP contribution in [0.25, 0.3) is 0 Å². The zero-order valence-electron chi connectivity index (χ0n) is 10.6. The van der Waals surface area contributed by atoms with Crippen LogP contribution in [0.4, 0.5) is 22.7 Å². The molecule has 0 saturated carbocycles. The van der Waals surface area contributed by atoms with Crippen LogP contribution in [0.3, 0.4) is 0 Å². The summed E-state index contributed by atoms with van der Waals surface area (Å²) in [4.78, 5) is 20.0. The number of nitro groups is 2. The van der Waals surface area contributed by atoms with E-state index in [4.69, 9.17) is 16.2 Å². The third kappa shape index (κ3) is 2.97.